The van der Waals surface area contributed by atoms with E-state index in [1.807, 2.05) is 0 Å². The monoisotopic (exact) mass is 905 g/mol. The summed E-state index contributed by atoms with van der Waals surface area (Å²) in [5, 5.41) is 0. The topological polar surface area (TPSA) is 78.9 Å². The molecule has 0 aromatic carbocycles. The fraction of sp³-hybridized carbons (Fsp3) is 0.948. The zero-order chi connectivity index (χ0) is 46.7. The Bertz CT molecular complexity index is 964. The fourth-order valence-corrected chi connectivity index (χ4v) is 8.92. The molecule has 0 amide bonds. The van der Waals surface area contributed by atoms with Gasteiger partial charge in [0.25, 0.3) is 0 Å². The van der Waals surface area contributed by atoms with E-state index in [0.29, 0.717) is 19.3 Å². The van der Waals surface area contributed by atoms with Gasteiger partial charge in [0.05, 0.1) is 0 Å². The minimum absolute atomic E-state index is 0.0619. The molecule has 6 heteroatoms. The molecule has 64 heavy (non-hydrogen) atoms. The van der Waals surface area contributed by atoms with Crippen LogP contribution in [0.2, 0.25) is 0 Å². The number of carbonyl (C=O) groups is 3. The maximum Gasteiger partial charge on any atom is 0.306 e. The molecule has 0 heterocycles. The molecule has 0 aliphatic rings. The first-order chi connectivity index (χ1) is 31.4. The molecule has 0 N–H and O–H groups in total. The Balaban J connectivity index is 4.23. The van der Waals surface area contributed by atoms with E-state index >= 15 is 0 Å². The van der Waals surface area contributed by atoms with Crippen LogP contribution in [0, 0.1) is 5.92 Å². The van der Waals surface area contributed by atoms with E-state index in [-0.39, 0.29) is 31.1 Å². The van der Waals surface area contributed by atoms with Crippen LogP contribution in [-0.2, 0) is 28.6 Å². The van der Waals surface area contributed by atoms with Gasteiger partial charge < -0.3 is 14.2 Å². The van der Waals surface area contributed by atoms with Crippen LogP contribution in [0.25, 0.3) is 0 Å². The van der Waals surface area contributed by atoms with E-state index in [1.54, 1.807) is 0 Å². The van der Waals surface area contributed by atoms with E-state index in [0.717, 1.165) is 63.7 Å². The molecule has 0 aliphatic heterocycles. The number of hydrogen-bond donors (Lipinski definition) is 0. The lowest BCUT2D eigenvalue weighted by molar-refractivity contribution is -0.167. The maximum absolute atomic E-state index is 12.8. The third-order valence-corrected chi connectivity index (χ3v) is 13.3. The van der Waals surface area contributed by atoms with Gasteiger partial charge in [0.2, 0.25) is 0 Å². The average Bonchev–Trinajstić information content (AvgIpc) is 3.28. The summed E-state index contributed by atoms with van der Waals surface area (Å²) in [6.07, 6.45) is 56.7. The van der Waals surface area contributed by atoms with Crippen molar-refractivity contribution in [2.75, 3.05) is 13.2 Å². The van der Waals surface area contributed by atoms with Crippen molar-refractivity contribution in [3.8, 4) is 0 Å². The van der Waals surface area contributed by atoms with Gasteiger partial charge in [0, 0.05) is 19.3 Å². The molecule has 0 aromatic rings. The maximum atomic E-state index is 12.8. The second-order valence-corrected chi connectivity index (χ2v) is 20.4. The van der Waals surface area contributed by atoms with Gasteiger partial charge in [-0.1, -0.05) is 291 Å². The standard InChI is InChI=1S/C58H112O6/c1-5-7-9-11-13-15-17-18-19-20-24-27-30-34-38-42-46-50-57(60)63-53-55(52-62-56(59)49-45-41-37-33-16-14-12-10-8-6-2)64-58(61)51-47-43-39-35-31-28-25-22-21-23-26-29-32-36-40-44-48-54(3)4/h54-55H,5-53H2,1-4H3/t55-/m1/s1. The largest absolute Gasteiger partial charge is 0.462 e. The lowest BCUT2D eigenvalue weighted by atomic mass is 10.0. The van der Waals surface area contributed by atoms with Gasteiger partial charge in [0.1, 0.15) is 13.2 Å². The van der Waals surface area contributed by atoms with Crippen LogP contribution in [0.1, 0.15) is 329 Å². The highest BCUT2D eigenvalue weighted by Crippen LogP contribution is 2.18. The first-order valence-electron chi connectivity index (χ1n) is 28.9. The summed E-state index contributed by atoms with van der Waals surface area (Å²) in [7, 11) is 0. The first-order valence-corrected chi connectivity index (χ1v) is 28.9. The number of carbonyl (C=O) groups excluding carboxylic acids is 3. The molecule has 0 saturated carbocycles. The zero-order valence-electron chi connectivity index (χ0n) is 43.8. The van der Waals surface area contributed by atoms with Crippen molar-refractivity contribution in [3.63, 3.8) is 0 Å². The molecule has 0 rings (SSSR count). The van der Waals surface area contributed by atoms with Gasteiger partial charge in [-0.25, -0.2) is 0 Å². The third kappa shape index (κ3) is 51.4. The van der Waals surface area contributed by atoms with Gasteiger partial charge in [0.15, 0.2) is 6.10 Å². The van der Waals surface area contributed by atoms with Crippen LogP contribution >= 0.6 is 0 Å². The van der Waals surface area contributed by atoms with Crippen LogP contribution in [0.15, 0.2) is 0 Å². The van der Waals surface area contributed by atoms with E-state index in [4.69, 9.17) is 14.2 Å². The predicted octanol–water partition coefficient (Wildman–Crippen LogP) is 19.0. The van der Waals surface area contributed by atoms with Crippen LogP contribution in [0.5, 0.6) is 0 Å². The second-order valence-electron chi connectivity index (χ2n) is 20.4. The van der Waals surface area contributed by atoms with Crippen molar-refractivity contribution < 1.29 is 28.6 Å². The Morgan fingerprint density at radius 2 is 0.516 bits per heavy atom. The number of rotatable bonds is 53. The summed E-state index contributed by atoms with van der Waals surface area (Å²) in [6.45, 7) is 9.06. The van der Waals surface area contributed by atoms with Gasteiger partial charge in [-0.15, -0.1) is 0 Å². The summed E-state index contributed by atoms with van der Waals surface area (Å²) < 4.78 is 16.9. The molecule has 6 nitrogen and oxygen atoms in total. The number of unbranched alkanes of at least 4 members (excludes halogenated alkanes) is 40. The quantitative estimate of drug-likeness (QED) is 0.0344. The van der Waals surface area contributed by atoms with Gasteiger partial charge in [-0.3, -0.25) is 14.4 Å². The summed E-state index contributed by atoms with van der Waals surface area (Å²) in [5.41, 5.74) is 0. The Morgan fingerprint density at radius 1 is 0.297 bits per heavy atom. The number of esters is 3. The lowest BCUT2D eigenvalue weighted by Crippen LogP contribution is -2.30. The zero-order valence-corrected chi connectivity index (χ0v) is 43.8. The first kappa shape index (κ1) is 62.4. The Hall–Kier alpha value is -1.59. The highest BCUT2D eigenvalue weighted by molar-refractivity contribution is 5.71. The summed E-state index contributed by atoms with van der Waals surface area (Å²) in [5.74, 6) is 0.0146. The van der Waals surface area contributed by atoms with Gasteiger partial charge in [-0.05, 0) is 25.2 Å². The minimum Gasteiger partial charge on any atom is -0.462 e. The van der Waals surface area contributed by atoms with Gasteiger partial charge >= 0.3 is 17.9 Å². The molecule has 0 spiro atoms. The Morgan fingerprint density at radius 3 is 0.766 bits per heavy atom. The highest BCUT2D eigenvalue weighted by atomic mass is 16.6. The van der Waals surface area contributed by atoms with Crippen LogP contribution in [0.3, 0.4) is 0 Å². The van der Waals surface area contributed by atoms with Crippen LogP contribution < -0.4 is 0 Å². The number of hydrogen-bond acceptors (Lipinski definition) is 6. The van der Waals surface area contributed by atoms with E-state index in [2.05, 4.69) is 27.7 Å². The van der Waals surface area contributed by atoms with Gasteiger partial charge in [-0.2, -0.15) is 0 Å². The van der Waals surface area contributed by atoms with Crippen molar-refractivity contribution in [2.45, 2.75) is 336 Å². The molecule has 0 bridgehead atoms. The molecule has 1 atom stereocenters. The highest BCUT2D eigenvalue weighted by Gasteiger charge is 2.19. The minimum atomic E-state index is -0.761. The van der Waals surface area contributed by atoms with Crippen molar-refractivity contribution >= 4 is 17.9 Å². The van der Waals surface area contributed by atoms with Crippen molar-refractivity contribution in [1.29, 1.82) is 0 Å². The van der Waals surface area contributed by atoms with E-state index in [1.165, 1.54) is 225 Å². The smallest absolute Gasteiger partial charge is 0.306 e. The second kappa shape index (κ2) is 52.4. The van der Waals surface area contributed by atoms with Crippen molar-refractivity contribution in [3.05, 3.63) is 0 Å². The molecular weight excluding hydrogens is 793 g/mol. The van der Waals surface area contributed by atoms with Crippen LogP contribution in [0.4, 0.5) is 0 Å². The molecule has 0 aliphatic carbocycles. The Kier molecular flexibility index (Phi) is 51.1. The molecule has 0 fully saturated rings. The average molecular weight is 906 g/mol. The summed E-state index contributed by atoms with van der Waals surface area (Å²) in [4.78, 5) is 38.1. The molecular formula is C58H112O6. The van der Waals surface area contributed by atoms with Crippen molar-refractivity contribution in [2.24, 2.45) is 5.92 Å². The lowest BCUT2D eigenvalue weighted by Gasteiger charge is -2.18. The van der Waals surface area contributed by atoms with E-state index < -0.39 is 6.10 Å². The SMILES string of the molecule is CCCCCCCCCCCCCCCCCCCC(=O)OC[C@@H](COC(=O)CCCCCCCCCCCC)OC(=O)CCCCCCCCCCCCCCCCCCC(C)C. The fourth-order valence-electron chi connectivity index (χ4n) is 8.92. The number of ether oxygens (including phenoxy) is 3. The molecule has 0 radical (unpaired) electrons. The summed E-state index contributed by atoms with van der Waals surface area (Å²) >= 11 is 0. The molecule has 0 saturated heterocycles. The van der Waals surface area contributed by atoms with Crippen molar-refractivity contribution in [1.82, 2.24) is 0 Å². The normalized spacial score (nSPS) is 12.0. The van der Waals surface area contributed by atoms with Crippen LogP contribution in [-0.4, -0.2) is 37.2 Å². The molecule has 380 valence electrons. The Labute approximate surface area is 399 Å². The van der Waals surface area contributed by atoms with E-state index in [9.17, 15) is 14.4 Å². The predicted molar refractivity (Wildman–Crippen MR) is 275 cm³/mol. The summed E-state index contributed by atoms with van der Waals surface area (Å²) in [6, 6.07) is 0. The molecule has 0 unspecified atom stereocenters. The molecule has 0 aromatic heterocycles. The third-order valence-electron chi connectivity index (χ3n) is 13.3.